The van der Waals surface area contributed by atoms with E-state index < -0.39 is 0 Å². The minimum atomic E-state index is 0.640. The fraction of sp³-hybridized carbons (Fsp3) is 0.545. The molecule has 0 aromatic carbocycles. The second kappa shape index (κ2) is 2.83. The van der Waals surface area contributed by atoms with Crippen LogP contribution in [0.1, 0.15) is 37.6 Å². The van der Waals surface area contributed by atoms with Gasteiger partial charge in [-0.3, -0.25) is 4.40 Å². The SMILES string of the molecule is CC1Cc2c(nc3sccn23)C(C)C1. The summed E-state index contributed by atoms with van der Waals surface area (Å²) in [5.74, 6) is 1.44. The standard InChI is InChI=1S/C11H14N2S/c1-7-5-8(2)10-9(6-7)13-3-4-14-11(13)12-10/h3-4,7-8H,5-6H2,1-2H3. The van der Waals surface area contributed by atoms with Crippen molar-refractivity contribution in [3.8, 4) is 0 Å². The Bertz CT molecular complexity index is 469. The minimum Gasteiger partial charge on any atom is -0.294 e. The molecule has 2 aromatic rings. The molecule has 0 spiro atoms. The number of hydrogen-bond acceptors (Lipinski definition) is 2. The van der Waals surface area contributed by atoms with Crippen molar-refractivity contribution in [1.29, 1.82) is 0 Å². The lowest BCUT2D eigenvalue weighted by molar-refractivity contribution is 0.438. The highest BCUT2D eigenvalue weighted by Crippen LogP contribution is 2.35. The Morgan fingerprint density at radius 3 is 3.21 bits per heavy atom. The summed E-state index contributed by atoms with van der Waals surface area (Å²) in [6.45, 7) is 4.64. The molecule has 2 heterocycles. The second-order valence-electron chi connectivity index (χ2n) is 4.45. The molecule has 0 amide bonds. The van der Waals surface area contributed by atoms with E-state index in [0.717, 1.165) is 10.9 Å². The fourth-order valence-corrected chi connectivity index (χ4v) is 3.32. The zero-order chi connectivity index (χ0) is 9.71. The van der Waals surface area contributed by atoms with E-state index in [2.05, 4.69) is 29.8 Å². The van der Waals surface area contributed by atoms with E-state index in [9.17, 15) is 0 Å². The van der Waals surface area contributed by atoms with Gasteiger partial charge in [-0.1, -0.05) is 13.8 Å². The molecule has 0 N–H and O–H groups in total. The first-order valence-electron chi connectivity index (χ1n) is 5.20. The molecular weight excluding hydrogens is 192 g/mol. The number of hydrogen-bond donors (Lipinski definition) is 0. The molecule has 2 aromatic heterocycles. The van der Waals surface area contributed by atoms with E-state index >= 15 is 0 Å². The number of fused-ring (bicyclic) bond motifs is 3. The van der Waals surface area contributed by atoms with Gasteiger partial charge in [-0.05, 0) is 18.8 Å². The van der Waals surface area contributed by atoms with Crippen LogP contribution in [0.25, 0.3) is 4.96 Å². The number of thiazole rings is 1. The average Bonchev–Trinajstić information content (AvgIpc) is 2.65. The monoisotopic (exact) mass is 206 g/mol. The molecule has 2 nitrogen and oxygen atoms in total. The maximum atomic E-state index is 4.71. The Morgan fingerprint density at radius 2 is 2.36 bits per heavy atom. The molecule has 0 radical (unpaired) electrons. The maximum Gasteiger partial charge on any atom is 0.194 e. The predicted octanol–water partition coefficient (Wildman–Crippen LogP) is 3.08. The van der Waals surface area contributed by atoms with Crippen molar-refractivity contribution in [2.45, 2.75) is 32.6 Å². The van der Waals surface area contributed by atoms with E-state index in [4.69, 9.17) is 4.98 Å². The van der Waals surface area contributed by atoms with Crippen LogP contribution in [0.3, 0.4) is 0 Å². The molecule has 74 valence electrons. The van der Waals surface area contributed by atoms with Gasteiger partial charge in [0.25, 0.3) is 0 Å². The largest absolute Gasteiger partial charge is 0.294 e. The highest BCUT2D eigenvalue weighted by Gasteiger charge is 2.26. The molecular formula is C11H14N2S. The van der Waals surface area contributed by atoms with E-state index in [1.165, 1.54) is 24.2 Å². The molecule has 1 aliphatic carbocycles. The Balaban J connectivity index is 2.25. The number of aromatic nitrogens is 2. The van der Waals surface area contributed by atoms with Gasteiger partial charge in [-0.25, -0.2) is 4.98 Å². The van der Waals surface area contributed by atoms with Gasteiger partial charge in [-0.15, -0.1) is 11.3 Å². The molecule has 0 bridgehead atoms. The third kappa shape index (κ3) is 1.05. The van der Waals surface area contributed by atoms with Crippen LogP contribution in [-0.2, 0) is 6.42 Å². The summed E-state index contributed by atoms with van der Waals surface area (Å²) in [5, 5.41) is 2.12. The van der Waals surface area contributed by atoms with Gasteiger partial charge >= 0.3 is 0 Å². The van der Waals surface area contributed by atoms with Crippen molar-refractivity contribution in [3.63, 3.8) is 0 Å². The normalized spacial score (nSPS) is 26.7. The van der Waals surface area contributed by atoms with Gasteiger partial charge in [-0.2, -0.15) is 0 Å². The molecule has 0 saturated heterocycles. The Hall–Kier alpha value is -0.830. The predicted molar refractivity (Wildman–Crippen MR) is 59.0 cm³/mol. The van der Waals surface area contributed by atoms with Gasteiger partial charge in [0.1, 0.15) is 0 Å². The van der Waals surface area contributed by atoms with Gasteiger partial charge in [0, 0.05) is 23.2 Å². The summed E-state index contributed by atoms with van der Waals surface area (Å²) >= 11 is 1.74. The lowest BCUT2D eigenvalue weighted by atomic mass is 9.84. The van der Waals surface area contributed by atoms with Crippen LogP contribution in [0.2, 0.25) is 0 Å². The third-order valence-corrected chi connectivity index (χ3v) is 3.91. The quantitative estimate of drug-likeness (QED) is 0.647. The molecule has 0 saturated carbocycles. The number of rotatable bonds is 0. The Morgan fingerprint density at radius 1 is 1.50 bits per heavy atom. The molecule has 2 atom stereocenters. The smallest absolute Gasteiger partial charge is 0.194 e. The van der Waals surface area contributed by atoms with Crippen LogP contribution in [-0.4, -0.2) is 9.38 Å². The summed E-state index contributed by atoms with van der Waals surface area (Å²) in [4.78, 5) is 5.87. The average molecular weight is 206 g/mol. The fourth-order valence-electron chi connectivity index (χ4n) is 2.58. The molecule has 3 rings (SSSR count). The molecule has 0 fully saturated rings. The summed E-state index contributed by atoms with van der Waals surface area (Å²) in [6.07, 6.45) is 4.63. The third-order valence-electron chi connectivity index (χ3n) is 3.16. The van der Waals surface area contributed by atoms with Crippen LogP contribution in [0, 0.1) is 5.92 Å². The molecule has 3 heteroatoms. The van der Waals surface area contributed by atoms with Crippen molar-refractivity contribution in [3.05, 3.63) is 23.0 Å². The Kier molecular flexibility index (Phi) is 1.71. The number of nitrogens with zero attached hydrogens (tertiary/aromatic N) is 2. The summed E-state index contributed by atoms with van der Waals surface area (Å²) in [6, 6.07) is 0. The number of imidazole rings is 1. The highest BCUT2D eigenvalue weighted by molar-refractivity contribution is 7.15. The minimum absolute atomic E-state index is 0.640. The van der Waals surface area contributed by atoms with Gasteiger partial charge < -0.3 is 0 Å². The van der Waals surface area contributed by atoms with Gasteiger partial charge in [0.15, 0.2) is 4.96 Å². The van der Waals surface area contributed by atoms with E-state index in [1.54, 1.807) is 11.3 Å². The van der Waals surface area contributed by atoms with Gasteiger partial charge in [0.05, 0.1) is 5.69 Å². The van der Waals surface area contributed by atoms with Crippen LogP contribution in [0.15, 0.2) is 11.6 Å². The highest BCUT2D eigenvalue weighted by atomic mass is 32.1. The van der Waals surface area contributed by atoms with Crippen molar-refractivity contribution in [1.82, 2.24) is 9.38 Å². The van der Waals surface area contributed by atoms with Crippen LogP contribution in [0.4, 0.5) is 0 Å². The van der Waals surface area contributed by atoms with Crippen molar-refractivity contribution in [2.75, 3.05) is 0 Å². The summed E-state index contributed by atoms with van der Waals surface area (Å²) in [5.41, 5.74) is 2.79. The first-order valence-corrected chi connectivity index (χ1v) is 6.08. The molecule has 14 heavy (non-hydrogen) atoms. The van der Waals surface area contributed by atoms with Crippen molar-refractivity contribution in [2.24, 2.45) is 5.92 Å². The Labute approximate surface area is 87.6 Å². The topological polar surface area (TPSA) is 17.3 Å². The lowest BCUT2D eigenvalue weighted by Gasteiger charge is -2.23. The van der Waals surface area contributed by atoms with Crippen LogP contribution >= 0.6 is 11.3 Å². The molecule has 1 aliphatic rings. The lowest BCUT2D eigenvalue weighted by Crippen LogP contribution is -2.15. The van der Waals surface area contributed by atoms with Crippen molar-refractivity contribution >= 4 is 16.3 Å². The zero-order valence-electron chi connectivity index (χ0n) is 8.53. The molecule has 2 unspecified atom stereocenters. The van der Waals surface area contributed by atoms with Crippen LogP contribution < -0.4 is 0 Å². The first kappa shape index (κ1) is 8.48. The molecule has 0 aliphatic heterocycles. The van der Waals surface area contributed by atoms with E-state index in [-0.39, 0.29) is 0 Å². The van der Waals surface area contributed by atoms with E-state index in [0.29, 0.717) is 5.92 Å². The van der Waals surface area contributed by atoms with Crippen LogP contribution in [0.5, 0.6) is 0 Å². The second-order valence-corrected chi connectivity index (χ2v) is 5.32. The van der Waals surface area contributed by atoms with E-state index in [1.807, 2.05) is 0 Å². The summed E-state index contributed by atoms with van der Waals surface area (Å²) in [7, 11) is 0. The van der Waals surface area contributed by atoms with Crippen molar-refractivity contribution < 1.29 is 0 Å². The van der Waals surface area contributed by atoms with Gasteiger partial charge in [0.2, 0.25) is 0 Å². The maximum absolute atomic E-state index is 4.71. The zero-order valence-corrected chi connectivity index (χ0v) is 9.34. The first-order chi connectivity index (χ1) is 6.75. The summed E-state index contributed by atoms with van der Waals surface area (Å²) < 4.78 is 2.27.